The summed E-state index contributed by atoms with van der Waals surface area (Å²) >= 11 is 0. The highest BCUT2D eigenvalue weighted by Crippen LogP contribution is 2.21. The van der Waals surface area contributed by atoms with Gasteiger partial charge in [0.15, 0.2) is 0 Å². The summed E-state index contributed by atoms with van der Waals surface area (Å²) in [5, 5.41) is 0.953. The predicted molar refractivity (Wildman–Crippen MR) is 85.6 cm³/mol. The minimum Gasteiger partial charge on any atom is -0.464 e. The number of fused-ring (bicyclic) bond motifs is 1. The molecule has 0 aliphatic heterocycles. The number of aromatic amines is 1. The van der Waals surface area contributed by atoms with Crippen LogP contribution in [-0.2, 0) is 25.5 Å². The highest BCUT2D eigenvalue weighted by molar-refractivity contribution is 5.98. The number of para-hydroxylation sites is 1. The normalized spacial score (nSPS) is 12.0. The number of amides is 2. The molecule has 1 atom stereocenters. The number of esters is 1. The Morgan fingerprint density at radius 3 is 2.43 bits per heavy atom. The van der Waals surface area contributed by atoms with Crippen molar-refractivity contribution >= 4 is 28.7 Å². The first kappa shape index (κ1) is 16.7. The number of H-pyrrole nitrogens is 1. The van der Waals surface area contributed by atoms with E-state index in [1.165, 1.54) is 13.8 Å². The summed E-state index contributed by atoms with van der Waals surface area (Å²) in [6.45, 7) is 4.41. The third-order valence-electron chi connectivity index (χ3n) is 3.64. The smallest absolute Gasteiger partial charge is 0.329 e. The number of nitrogens with one attached hydrogen (secondary N) is 1. The number of carbonyl (C=O) groups excluding carboxylic acids is 3. The van der Waals surface area contributed by atoms with Gasteiger partial charge in [-0.25, -0.2) is 4.79 Å². The van der Waals surface area contributed by atoms with Gasteiger partial charge in [0.25, 0.3) is 0 Å². The van der Waals surface area contributed by atoms with Gasteiger partial charge in [0.2, 0.25) is 11.8 Å². The second-order valence-electron chi connectivity index (χ2n) is 5.24. The number of carbonyl (C=O) groups is 3. The molecule has 2 aromatic rings. The van der Waals surface area contributed by atoms with Gasteiger partial charge >= 0.3 is 5.97 Å². The maximum Gasteiger partial charge on any atom is 0.329 e. The van der Waals surface area contributed by atoms with Crippen molar-refractivity contribution in [3.8, 4) is 0 Å². The molecule has 0 spiro atoms. The molecule has 2 amide bonds. The molecule has 1 aromatic heterocycles. The number of imide groups is 1. The van der Waals surface area contributed by atoms with E-state index in [-0.39, 0.29) is 13.0 Å². The standard InChI is InChI=1S/C17H20N2O4/c1-4-23-17(22)16(19(11(2)20)12(3)21)9-13-10-18-15-8-6-5-7-14(13)15/h5-8,10,16,18H,4,9H2,1-3H3/t16-/m0/s1. The molecular weight excluding hydrogens is 296 g/mol. The Morgan fingerprint density at radius 2 is 1.83 bits per heavy atom. The molecule has 1 heterocycles. The van der Waals surface area contributed by atoms with Crippen LogP contribution in [0.15, 0.2) is 30.5 Å². The van der Waals surface area contributed by atoms with Gasteiger partial charge in [0, 0.05) is 37.4 Å². The molecule has 6 heteroatoms. The first-order valence-electron chi connectivity index (χ1n) is 7.47. The molecule has 0 unspecified atom stereocenters. The zero-order valence-corrected chi connectivity index (χ0v) is 13.5. The summed E-state index contributed by atoms with van der Waals surface area (Å²) in [6, 6.07) is 6.68. The number of hydrogen-bond donors (Lipinski definition) is 1. The van der Waals surface area contributed by atoms with Gasteiger partial charge in [-0.1, -0.05) is 18.2 Å². The summed E-state index contributed by atoms with van der Waals surface area (Å²) in [5.41, 5.74) is 1.79. The summed E-state index contributed by atoms with van der Waals surface area (Å²) in [7, 11) is 0. The molecule has 1 aromatic carbocycles. The van der Waals surface area contributed by atoms with Gasteiger partial charge in [-0.05, 0) is 18.6 Å². The van der Waals surface area contributed by atoms with Gasteiger partial charge in [-0.15, -0.1) is 0 Å². The number of ether oxygens (including phenoxy) is 1. The predicted octanol–water partition coefficient (Wildman–Crippen LogP) is 2.04. The van der Waals surface area contributed by atoms with Crippen LogP contribution < -0.4 is 0 Å². The number of hydrogen-bond acceptors (Lipinski definition) is 4. The average Bonchev–Trinajstić information content (AvgIpc) is 2.89. The number of rotatable bonds is 5. The maximum absolute atomic E-state index is 12.3. The molecule has 23 heavy (non-hydrogen) atoms. The molecule has 2 rings (SSSR count). The summed E-state index contributed by atoms with van der Waals surface area (Å²) in [6.07, 6.45) is 2.00. The summed E-state index contributed by atoms with van der Waals surface area (Å²) < 4.78 is 5.05. The molecular formula is C17H20N2O4. The first-order chi connectivity index (χ1) is 11.0. The fourth-order valence-electron chi connectivity index (χ4n) is 2.69. The fourth-order valence-corrected chi connectivity index (χ4v) is 2.69. The van der Waals surface area contributed by atoms with Crippen LogP contribution in [0.4, 0.5) is 0 Å². The lowest BCUT2D eigenvalue weighted by Crippen LogP contribution is -2.48. The lowest BCUT2D eigenvalue weighted by Gasteiger charge is -2.26. The minimum atomic E-state index is -0.968. The van der Waals surface area contributed by atoms with Crippen LogP contribution in [-0.4, -0.2) is 40.3 Å². The van der Waals surface area contributed by atoms with E-state index in [0.717, 1.165) is 21.4 Å². The van der Waals surface area contributed by atoms with Crippen LogP contribution in [0.5, 0.6) is 0 Å². The van der Waals surface area contributed by atoms with Gasteiger partial charge in [0.1, 0.15) is 6.04 Å². The summed E-state index contributed by atoms with van der Waals surface area (Å²) in [5.74, 6) is -1.53. The van der Waals surface area contributed by atoms with Crippen molar-refractivity contribution in [1.82, 2.24) is 9.88 Å². The van der Waals surface area contributed by atoms with Crippen molar-refractivity contribution in [3.05, 3.63) is 36.0 Å². The molecule has 0 saturated heterocycles. The average molecular weight is 316 g/mol. The van der Waals surface area contributed by atoms with Crippen LogP contribution in [0, 0.1) is 0 Å². The van der Waals surface area contributed by atoms with E-state index in [4.69, 9.17) is 4.74 Å². The van der Waals surface area contributed by atoms with E-state index >= 15 is 0 Å². The van der Waals surface area contributed by atoms with Crippen molar-refractivity contribution in [2.75, 3.05) is 6.61 Å². The van der Waals surface area contributed by atoms with E-state index < -0.39 is 23.8 Å². The second kappa shape index (κ2) is 7.09. The van der Waals surface area contributed by atoms with E-state index in [0.29, 0.717) is 0 Å². The van der Waals surface area contributed by atoms with Crippen molar-refractivity contribution in [2.45, 2.75) is 33.2 Å². The third kappa shape index (κ3) is 3.59. The second-order valence-corrected chi connectivity index (χ2v) is 5.24. The van der Waals surface area contributed by atoms with Crippen LogP contribution >= 0.6 is 0 Å². The molecule has 0 saturated carbocycles. The largest absolute Gasteiger partial charge is 0.464 e. The molecule has 0 aliphatic carbocycles. The number of nitrogens with zero attached hydrogens (tertiary/aromatic N) is 1. The van der Waals surface area contributed by atoms with E-state index in [1.807, 2.05) is 24.3 Å². The van der Waals surface area contributed by atoms with Crippen LogP contribution in [0.2, 0.25) is 0 Å². The Bertz CT molecular complexity index is 721. The van der Waals surface area contributed by atoms with Crippen LogP contribution in [0.1, 0.15) is 26.3 Å². The van der Waals surface area contributed by atoms with E-state index in [2.05, 4.69) is 4.98 Å². The molecule has 0 radical (unpaired) electrons. The number of benzene rings is 1. The highest BCUT2D eigenvalue weighted by Gasteiger charge is 2.32. The van der Waals surface area contributed by atoms with Gasteiger partial charge in [-0.2, -0.15) is 0 Å². The van der Waals surface area contributed by atoms with Crippen molar-refractivity contribution in [2.24, 2.45) is 0 Å². The lowest BCUT2D eigenvalue weighted by molar-refractivity contribution is -0.159. The highest BCUT2D eigenvalue weighted by atomic mass is 16.5. The molecule has 1 N–H and O–H groups in total. The Balaban J connectivity index is 2.39. The third-order valence-corrected chi connectivity index (χ3v) is 3.64. The Morgan fingerprint density at radius 1 is 1.17 bits per heavy atom. The van der Waals surface area contributed by atoms with E-state index in [1.54, 1.807) is 13.1 Å². The Labute approximate surface area is 134 Å². The minimum absolute atomic E-state index is 0.187. The van der Waals surface area contributed by atoms with Gasteiger partial charge in [-0.3, -0.25) is 14.5 Å². The molecule has 0 bridgehead atoms. The van der Waals surface area contributed by atoms with Crippen molar-refractivity contribution in [3.63, 3.8) is 0 Å². The Kier molecular flexibility index (Phi) is 5.16. The number of aromatic nitrogens is 1. The SMILES string of the molecule is CCOC(=O)[C@H](Cc1c[nH]c2ccccc12)N(C(C)=O)C(C)=O. The van der Waals surface area contributed by atoms with Gasteiger partial charge in [0.05, 0.1) is 6.61 Å². The maximum atomic E-state index is 12.3. The first-order valence-corrected chi connectivity index (χ1v) is 7.47. The van der Waals surface area contributed by atoms with E-state index in [9.17, 15) is 14.4 Å². The van der Waals surface area contributed by atoms with Crippen LogP contribution in [0.25, 0.3) is 10.9 Å². The summed E-state index contributed by atoms with van der Waals surface area (Å²) in [4.78, 5) is 40.0. The monoisotopic (exact) mass is 316 g/mol. The molecule has 0 aliphatic rings. The van der Waals surface area contributed by atoms with Crippen LogP contribution in [0.3, 0.4) is 0 Å². The topological polar surface area (TPSA) is 79.5 Å². The fraction of sp³-hybridized carbons (Fsp3) is 0.353. The molecule has 122 valence electrons. The zero-order chi connectivity index (χ0) is 17.0. The molecule has 6 nitrogen and oxygen atoms in total. The zero-order valence-electron chi connectivity index (χ0n) is 13.5. The van der Waals surface area contributed by atoms with Crippen molar-refractivity contribution in [1.29, 1.82) is 0 Å². The molecule has 0 fully saturated rings. The lowest BCUT2D eigenvalue weighted by atomic mass is 10.0. The van der Waals surface area contributed by atoms with Crippen molar-refractivity contribution < 1.29 is 19.1 Å². The van der Waals surface area contributed by atoms with Gasteiger partial charge < -0.3 is 9.72 Å². The quantitative estimate of drug-likeness (QED) is 0.856. The Hall–Kier alpha value is -2.63.